The topological polar surface area (TPSA) is 94.0 Å². The van der Waals surface area contributed by atoms with Gasteiger partial charge in [-0.2, -0.15) is 5.10 Å². The molecule has 3 aromatic rings. The van der Waals surface area contributed by atoms with Gasteiger partial charge in [0.05, 0.1) is 35.3 Å². The Morgan fingerprint density at radius 1 is 1.33 bits per heavy atom. The first kappa shape index (κ1) is 19.0. The molecule has 10 heteroatoms. The van der Waals surface area contributed by atoms with Crippen LogP contribution in [0.15, 0.2) is 30.7 Å². The van der Waals surface area contributed by atoms with Crippen molar-refractivity contribution in [2.75, 3.05) is 32.1 Å². The summed E-state index contributed by atoms with van der Waals surface area (Å²) in [5.41, 5.74) is 0.458. The molecule has 1 aromatic carbocycles. The third-order valence-electron chi connectivity index (χ3n) is 3.83. The predicted octanol–water partition coefficient (Wildman–Crippen LogP) is 2.11. The van der Waals surface area contributed by atoms with Crippen LogP contribution in [-0.4, -0.2) is 52.5 Å². The molecule has 0 aliphatic carbocycles. The lowest BCUT2D eigenvalue weighted by Gasteiger charge is -2.09. The molecule has 2 N–H and O–H groups in total. The number of nitrogens with one attached hydrogen (secondary N) is 2. The minimum Gasteiger partial charge on any atom is -0.383 e. The molecule has 27 heavy (non-hydrogen) atoms. The second-order valence-electron chi connectivity index (χ2n) is 5.60. The second kappa shape index (κ2) is 8.74. The monoisotopic (exact) mass is 392 g/mol. The highest BCUT2D eigenvalue weighted by Gasteiger charge is 2.15. The van der Waals surface area contributed by atoms with E-state index in [9.17, 15) is 9.18 Å². The van der Waals surface area contributed by atoms with Crippen LogP contribution in [-0.2, 0) is 11.3 Å². The molecule has 0 saturated heterocycles. The molecule has 0 radical (unpaired) electrons. The number of methoxy groups -OCH3 is 1. The van der Waals surface area contributed by atoms with Crippen LogP contribution in [0, 0.1) is 5.82 Å². The number of amides is 1. The van der Waals surface area contributed by atoms with Crippen molar-refractivity contribution in [3.8, 4) is 0 Å². The van der Waals surface area contributed by atoms with Gasteiger partial charge in [-0.05, 0) is 12.1 Å². The van der Waals surface area contributed by atoms with E-state index in [0.717, 1.165) is 5.39 Å². The molecule has 0 bridgehead atoms. The molecule has 0 saturated carbocycles. The molecule has 2 aromatic heterocycles. The van der Waals surface area contributed by atoms with Gasteiger partial charge in [0.2, 0.25) is 0 Å². The lowest BCUT2D eigenvalue weighted by Crippen LogP contribution is -2.28. The van der Waals surface area contributed by atoms with Crippen LogP contribution in [0.25, 0.3) is 11.0 Å². The van der Waals surface area contributed by atoms with E-state index in [0.29, 0.717) is 31.2 Å². The van der Waals surface area contributed by atoms with E-state index in [1.54, 1.807) is 18.0 Å². The zero-order valence-electron chi connectivity index (χ0n) is 14.6. The third kappa shape index (κ3) is 4.32. The Morgan fingerprint density at radius 3 is 2.96 bits per heavy atom. The molecule has 0 spiro atoms. The Kier molecular flexibility index (Phi) is 6.15. The molecule has 0 aliphatic heterocycles. The fourth-order valence-electron chi connectivity index (χ4n) is 2.55. The Hall–Kier alpha value is -2.78. The van der Waals surface area contributed by atoms with Crippen molar-refractivity contribution in [1.82, 2.24) is 25.1 Å². The molecule has 142 valence electrons. The zero-order chi connectivity index (χ0) is 19.2. The Balaban J connectivity index is 1.65. The average molecular weight is 393 g/mol. The number of carbonyl (C=O) groups is 1. The normalized spacial score (nSPS) is 10.9. The number of ether oxygens (including phenoxy) is 1. The van der Waals surface area contributed by atoms with Gasteiger partial charge in [0.1, 0.15) is 18.0 Å². The highest BCUT2D eigenvalue weighted by molar-refractivity contribution is 6.33. The van der Waals surface area contributed by atoms with Crippen LogP contribution in [0.4, 0.5) is 10.2 Å². The first-order chi connectivity index (χ1) is 13.1. The van der Waals surface area contributed by atoms with Gasteiger partial charge in [0, 0.05) is 20.2 Å². The van der Waals surface area contributed by atoms with E-state index in [4.69, 9.17) is 16.3 Å². The highest BCUT2D eigenvalue weighted by atomic mass is 35.5. The zero-order valence-corrected chi connectivity index (χ0v) is 15.3. The van der Waals surface area contributed by atoms with Crippen molar-refractivity contribution in [2.24, 2.45) is 0 Å². The van der Waals surface area contributed by atoms with Crippen molar-refractivity contribution >= 4 is 34.4 Å². The maximum Gasteiger partial charge on any atom is 0.255 e. The molecular weight excluding hydrogens is 375 g/mol. The van der Waals surface area contributed by atoms with Gasteiger partial charge in [-0.25, -0.2) is 19.0 Å². The summed E-state index contributed by atoms with van der Waals surface area (Å²) >= 11 is 5.90. The molecular formula is C17H18ClFN6O2. The van der Waals surface area contributed by atoms with Crippen LogP contribution >= 0.6 is 11.6 Å². The number of hydrogen-bond donors (Lipinski definition) is 2. The highest BCUT2D eigenvalue weighted by Crippen LogP contribution is 2.19. The van der Waals surface area contributed by atoms with Gasteiger partial charge in [0.25, 0.3) is 5.91 Å². The number of fused-ring (bicyclic) bond motifs is 1. The number of halogens is 2. The first-order valence-corrected chi connectivity index (χ1v) is 8.61. The first-order valence-electron chi connectivity index (χ1n) is 8.23. The lowest BCUT2D eigenvalue weighted by molar-refractivity contribution is 0.0948. The van der Waals surface area contributed by atoms with E-state index in [-0.39, 0.29) is 17.1 Å². The van der Waals surface area contributed by atoms with Crippen LogP contribution in [0.1, 0.15) is 10.4 Å². The molecule has 1 amide bonds. The average Bonchev–Trinajstić information content (AvgIpc) is 3.06. The Morgan fingerprint density at radius 2 is 2.19 bits per heavy atom. The van der Waals surface area contributed by atoms with Crippen molar-refractivity contribution in [3.63, 3.8) is 0 Å². The number of benzene rings is 1. The number of rotatable bonds is 8. The molecule has 8 nitrogen and oxygen atoms in total. The van der Waals surface area contributed by atoms with Gasteiger partial charge >= 0.3 is 0 Å². The number of carbonyl (C=O) groups excluding carboxylic acids is 1. The van der Waals surface area contributed by atoms with Gasteiger partial charge < -0.3 is 15.4 Å². The van der Waals surface area contributed by atoms with Crippen LogP contribution in [0.3, 0.4) is 0 Å². The number of aromatic nitrogens is 4. The fraction of sp³-hybridized carbons (Fsp3) is 0.294. The van der Waals surface area contributed by atoms with Gasteiger partial charge in [-0.3, -0.25) is 4.79 Å². The van der Waals surface area contributed by atoms with Crippen molar-refractivity contribution in [2.45, 2.75) is 6.54 Å². The predicted molar refractivity (Wildman–Crippen MR) is 99.4 cm³/mol. The van der Waals surface area contributed by atoms with E-state index in [1.807, 2.05) is 0 Å². The molecule has 0 aliphatic rings. The van der Waals surface area contributed by atoms with Crippen molar-refractivity contribution in [1.29, 1.82) is 0 Å². The Labute approximate surface area is 159 Å². The molecule has 3 rings (SSSR count). The Bertz CT molecular complexity index is 928. The minimum atomic E-state index is -0.663. The van der Waals surface area contributed by atoms with E-state index in [2.05, 4.69) is 25.7 Å². The fourth-order valence-corrected chi connectivity index (χ4v) is 2.80. The summed E-state index contributed by atoms with van der Waals surface area (Å²) in [6.45, 7) is 1.74. The van der Waals surface area contributed by atoms with Crippen LogP contribution in [0.2, 0.25) is 5.02 Å². The maximum absolute atomic E-state index is 13.8. The lowest BCUT2D eigenvalue weighted by atomic mass is 10.2. The number of anilines is 1. The SMILES string of the molecule is COCCNc1ncnc2c1cnn2CCNC(=O)c1c(F)cccc1Cl. The molecule has 0 atom stereocenters. The second-order valence-corrected chi connectivity index (χ2v) is 6.01. The van der Waals surface area contributed by atoms with Crippen molar-refractivity contribution < 1.29 is 13.9 Å². The van der Waals surface area contributed by atoms with Gasteiger partial charge in [0.15, 0.2) is 5.65 Å². The maximum atomic E-state index is 13.8. The summed E-state index contributed by atoms with van der Waals surface area (Å²) in [6.07, 6.45) is 3.09. The number of hydrogen-bond acceptors (Lipinski definition) is 6. The summed E-state index contributed by atoms with van der Waals surface area (Å²) in [5.74, 6) is -0.583. The molecule has 0 unspecified atom stereocenters. The minimum absolute atomic E-state index is 0.0663. The smallest absolute Gasteiger partial charge is 0.255 e. The molecule has 2 heterocycles. The third-order valence-corrected chi connectivity index (χ3v) is 4.15. The van der Waals surface area contributed by atoms with E-state index in [1.165, 1.54) is 24.5 Å². The summed E-state index contributed by atoms with van der Waals surface area (Å²) in [7, 11) is 1.62. The quantitative estimate of drug-likeness (QED) is 0.570. The van der Waals surface area contributed by atoms with E-state index >= 15 is 0 Å². The summed E-state index contributed by atoms with van der Waals surface area (Å²) in [6, 6.07) is 4.11. The standard InChI is InChI=1S/C17H18ClFN6O2/c1-27-8-6-20-15-11-9-24-25(16(11)23-10-22-15)7-5-21-17(26)14-12(18)3-2-4-13(14)19/h2-4,9-10H,5-8H2,1H3,(H,21,26)(H,20,22,23). The van der Waals surface area contributed by atoms with Gasteiger partial charge in [-0.15, -0.1) is 0 Å². The van der Waals surface area contributed by atoms with Crippen LogP contribution < -0.4 is 10.6 Å². The number of nitrogens with zero attached hydrogens (tertiary/aromatic N) is 4. The van der Waals surface area contributed by atoms with E-state index < -0.39 is 11.7 Å². The van der Waals surface area contributed by atoms with Crippen LogP contribution in [0.5, 0.6) is 0 Å². The summed E-state index contributed by atoms with van der Waals surface area (Å²) in [4.78, 5) is 20.6. The largest absolute Gasteiger partial charge is 0.383 e. The molecule has 0 fully saturated rings. The summed E-state index contributed by atoms with van der Waals surface area (Å²) < 4.78 is 20.4. The van der Waals surface area contributed by atoms with Gasteiger partial charge in [-0.1, -0.05) is 17.7 Å². The van der Waals surface area contributed by atoms with Crippen molar-refractivity contribution in [3.05, 3.63) is 47.1 Å². The summed E-state index contributed by atoms with van der Waals surface area (Å²) in [5, 5.41) is 10.9.